The van der Waals surface area contributed by atoms with Crippen LogP contribution in [0.3, 0.4) is 0 Å². The first kappa shape index (κ1) is 36.5. The number of phenols is 1. The first-order valence-electron chi connectivity index (χ1n) is 16.4. The molecule has 3 N–H and O–H groups in total. The molecule has 4 rings (SSSR count). The fourth-order valence-electron chi connectivity index (χ4n) is 5.46. The summed E-state index contributed by atoms with van der Waals surface area (Å²) in [5.41, 5.74) is 1.49. The fraction of sp³-hybridized carbons (Fsp3) is 0.368. The second kappa shape index (κ2) is 16.7. The number of hydrogen-bond donors (Lipinski definition) is 3. The van der Waals surface area contributed by atoms with Gasteiger partial charge in [-0.3, -0.25) is 9.59 Å². The van der Waals surface area contributed by atoms with Crippen molar-refractivity contribution >= 4 is 23.9 Å². The highest BCUT2D eigenvalue weighted by Gasteiger charge is 2.45. The van der Waals surface area contributed by atoms with E-state index < -0.39 is 53.8 Å². The Balaban J connectivity index is 1.70. The predicted octanol–water partition coefficient (Wildman–Crippen LogP) is 5.19. The van der Waals surface area contributed by atoms with Crippen LogP contribution >= 0.6 is 0 Å². The summed E-state index contributed by atoms with van der Waals surface area (Å²) in [6.07, 6.45) is -0.586. The number of nitrogens with one attached hydrogen (secondary N) is 2. The average Bonchev–Trinajstić information content (AvgIpc) is 3.06. The minimum atomic E-state index is -1.41. The van der Waals surface area contributed by atoms with Gasteiger partial charge in [0.2, 0.25) is 11.7 Å². The van der Waals surface area contributed by atoms with E-state index >= 15 is 0 Å². The molecular formula is C38H45N3O8. The van der Waals surface area contributed by atoms with Gasteiger partial charge in [-0.05, 0) is 68.5 Å². The zero-order valence-corrected chi connectivity index (χ0v) is 28.6. The number of aromatic hydroxyl groups is 1. The van der Waals surface area contributed by atoms with Crippen molar-refractivity contribution < 1.29 is 38.5 Å². The van der Waals surface area contributed by atoms with Crippen LogP contribution in [-0.2, 0) is 35.0 Å². The van der Waals surface area contributed by atoms with Crippen LogP contribution in [0, 0.1) is 0 Å². The Morgan fingerprint density at radius 2 is 1.47 bits per heavy atom. The van der Waals surface area contributed by atoms with Crippen LogP contribution in [0.2, 0.25) is 0 Å². The number of ether oxygens (including phenoxy) is 3. The number of nitrogens with zero attached hydrogens (tertiary/aromatic N) is 1. The van der Waals surface area contributed by atoms with Crippen LogP contribution in [0.5, 0.6) is 5.75 Å². The molecular weight excluding hydrogens is 626 g/mol. The van der Waals surface area contributed by atoms with Crippen LogP contribution in [0.15, 0.2) is 96.8 Å². The van der Waals surface area contributed by atoms with Crippen molar-refractivity contribution in [3.05, 3.63) is 113 Å². The molecule has 11 nitrogen and oxygen atoms in total. The fourth-order valence-corrected chi connectivity index (χ4v) is 5.46. The molecule has 3 amide bonds. The lowest BCUT2D eigenvalue weighted by atomic mass is 9.96. The normalized spacial score (nSPS) is 17.3. The first-order valence-corrected chi connectivity index (χ1v) is 16.4. The van der Waals surface area contributed by atoms with Crippen LogP contribution in [-0.4, -0.2) is 70.8 Å². The van der Waals surface area contributed by atoms with Crippen molar-refractivity contribution in [3.63, 3.8) is 0 Å². The maximum atomic E-state index is 14.3. The largest absolute Gasteiger partial charge is 0.508 e. The van der Waals surface area contributed by atoms with Gasteiger partial charge in [-0.25, -0.2) is 9.59 Å². The molecule has 0 bridgehead atoms. The molecule has 0 spiro atoms. The summed E-state index contributed by atoms with van der Waals surface area (Å²) in [7, 11) is 0. The molecule has 1 aliphatic heterocycles. The number of rotatable bonds is 12. The Morgan fingerprint density at radius 1 is 0.878 bits per heavy atom. The second-order valence-electron chi connectivity index (χ2n) is 12.8. The summed E-state index contributed by atoms with van der Waals surface area (Å²) in [6.45, 7) is 8.99. The van der Waals surface area contributed by atoms with Gasteiger partial charge >= 0.3 is 12.1 Å². The molecule has 0 aliphatic carbocycles. The zero-order valence-electron chi connectivity index (χ0n) is 28.6. The third kappa shape index (κ3) is 10.6. The van der Waals surface area contributed by atoms with E-state index in [-0.39, 0.29) is 11.5 Å². The van der Waals surface area contributed by atoms with Crippen molar-refractivity contribution in [1.29, 1.82) is 0 Å². The number of amides is 3. The molecule has 49 heavy (non-hydrogen) atoms. The molecule has 260 valence electrons. The maximum absolute atomic E-state index is 14.3. The Hall–Kier alpha value is -5.32. The molecule has 0 fully saturated rings. The highest BCUT2D eigenvalue weighted by atomic mass is 16.6. The Bertz CT molecular complexity index is 1560. The maximum Gasteiger partial charge on any atom is 0.408 e. The highest BCUT2D eigenvalue weighted by Crippen LogP contribution is 2.29. The SMILES string of the molecule is CCCN(CCc1ccc(O)cc1)C(=O)[C@@H]1OC(C(=O)OC(c2ccccc2)c2ccccc2)=C[C@H](NC(=O)OC(C)(C)C)[C@H]1NC(C)=O. The lowest BCUT2D eigenvalue weighted by Crippen LogP contribution is -2.63. The Kier molecular flexibility index (Phi) is 12.4. The quantitative estimate of drug-likeness (QED) is 0.224. The van der Waals surface area contributed by atoms with E-state index in [0.717, 1.165) is 5.56 Å². The summed E-state index contributed by atoms with van der Waals surface area (Å²) in [5, 5.41) is 15.2. The highest BCUT2D eigenvalue weighted by molar-refractivity contribution is 5.90. The molecule has 0 aromatic heterocycles. The molecule has 3 aromatic rings. The van der Waals surface area contributed by atoms with Crippen molar-refractivity contribution in [1.82, 2.24) is 15.5 Å². The zero-order chi connectivity index (χ0) is 35.6. The van der Waals surface area contributed by atoms with Gasteiger partial charge in [-0.2, -0.15) is 0 Å². The summed E-state index contributed by atoms with van der Waals surface area (Å²) in [5.74, 6) is -1.99. The molecule has 1 aliphatic rings. The number of hydrogen-bond acceptors (Lipinski definition) is 8. The second-order valence-corrected chi connectivity index (χ2v) is 12.8. The summed E-state index contributed by atoms with van der Waals surface area (Å²) >= 11 is 0. The average molecular weight is 672 g/mol. The molecule has 0 unspecified atom stereocenters. The van der Waals surface area contributed by atoms with Gasteiger partial charge < -0.3 is 34.9 Å². The van der Waals surface area contributed by atoms with Crippen LogP contribution in [0.4, 0.5) is 4.79 Å². The molecule has 1 heterocycles. The minimum Gasteiger partial charge on any atom is -0.508 e. The standard InChI is InChI=1S/C38H45N3O8/c1-6-22-41(23-21-26-17-19-29(43)20-18-26)35(44)34-32(39-25(2)42)30(40-37(46)49-38(3,4)5)24-31(47-34)36(45)48-33(27-13-9-7-10-14-27)28-15-11-8-12-16-28/h7-20,24,30,32-34,43H,6,21-23H2,1-5H3,(H,39,42)(H,40,46)/t30-,32+,34+/m0/s1. The lowest BCUT2D eigenvalue weighted by molar-refractivity contribution is -0.154. The van der Waals surface area contributed by atoms with Gasteiger partial charge in [0.25, 0.3) is 5.91 Å². The number of alkyl carbamates (subject to hydrolysis) is 1. The molecule has 0 saturated heterocycles. The van der Waals surface area contributed by atoms with Gasteiger partial charge in [0.1, 0.15) is 11.4 Å². The summed E-state index contributed by atoms with van der Waals surface area (Å²) < 4.78 is 17.7. The van der Waals surface area contributed by atoms with Gasteiger partial charge in [0.05, 0.1) is 12.1 Å². The minimum absolute atomic E-state index is 0.135. The van der Waals surface area contributed by atoms with Gasteiger partial charge in [-0.1, -0.05) is 79.7 Å². The molecule has 11 heteroatoms. The van der Waals surface area contributed by atoms with Gasteiger partial charge in [-0.15, -0.1) is 0 Å². The number of carbonyl (C=O) groups is 4. The molecule has 3 atom stereocenters. The van der Waals surface area contributed by atoms with E-state index in [1.165, 1.54) is 13.0 Å². The molecule has 0 saturated carbocycles. The monoisotopic (exact) mass is 671 g/mol. The van der Waals surface area contributed by atoms with E-state index in [2.05, 4.69) is 10.6 Å². The molecule has 3 aromatic carbocycles. The Labute approximate surface area is 287 Å². The van der Waals surface area contributed by atoms with Gasteiger partial charge in [0.15, 0.2) is 12.2 Å². The smallest absolute Gasteiger partial charge is 0.408 e. The number of esters is 1. The third-order valence-corrected chi connectivity index (χ3v) is 7.64. The van der Waals surface area contributed by atoms with Crippen LogP contribution < -0.4 is 10.6 Å². The van der Waals surface area contributed by atoms with Gasteiger partial charge in [0, 0.05) is 20.0 Å². The van der Waals surface area contributed by atoms with Crippen molar-refractivity contribution in [2.45, 2.75) is 77.4 Å². The molecule has 0 radical (unpaired) electrons. The Morgan fingerprint density at radius 3 is 2.00 bits per heavy atom. The number of benzene rings is 3. The van der Waals surface area contributed by atoms with Crippen molar-refractivity contribution in [2.75, 3.05) is 13.1 Å². The third-order valence-electron chi connectivity index (χ3n) is 7.64. The topological polar surface area (TPSA) is 144 Å². The first-order chi connectivity index (χ1) is 23.3. The predicted molar refractivity (Wildman–Crippen MR) is 183 cm³/mol. The number of phenolic OH excluding ortho intramolecular Hbond substituents is 1. The lowest BCUT2D eigenvalue weighted by Gasteiger charge is -2.39. The summed E-state index contributed by atoms with van der Waals surface area (Å²) in [4.78, 5) is 55.4. The summed E-state index contributed by atoms with van der Waals surface area (Å²) in [6, 6.07) is 22.9. The van der Waals surface area contributed by atoms with E-state index in [0.29, 0.717) is 37.1 Å². The van der Waals surface area contributed by atoms with Crippen LogP contribution in [0.1, 0.15) is 63.8 Å². The van der Waals surface area contributed by atoms with E-state index in [1.807, 2.05) is 67.6 Å². The van der Waals surface area contributed by atoms with E-state index in [9.17, 15) is 24.3 Å². The van der Waals surface area contributed by atoms with E-state index in [4.69, 9.17) is 14.2 Å². The van der Waals surface area contributed by atoms with Crippen molar-refractivity contribution in [2.24, 2.45) is 0 Å². The number of carbonyl (C=O) groups excluding carboxylic acids is 4. The van der Waals surface area contributed by atoms with Crippen molar-refractivity contribution in [3.8, 4) is 5.75 Å². The van der Waals surface area contributed by atoms with Crippen LogP contribution in [0.25, 0.3) is 0 Å². The van der Waals surface area contributed by atoms with E-state index in [1.54, 1.807) is 49.9 Å².